The van der Waals surface area contributed by atoms with E-state index in [-0.39, 0.29) is 29.2 Å². The van der Waals surface area contributed by atoms with E-state index in [9.17, 15) is 9.59 Å². The van der Waals surface area contributed by atoms with E-state index in [0.717, 1.165) is 16.9 Å². The molecule has 0 radical (unpaired) electrons. The van der Waals surface area contributed by atoms with Crippen molar-refractivity contribution in [2.45, 2.75) is 67.2 Å². The van der Waals surface area contributed by atoms with Gasteiger partial charge < -0.3 is 10.2 Å². The van der Waals surface area contributed by atoms with E-state index in [1.165, 1.54) is 0 Å². The molecule has 1 heterocycles. The second-order valence-corrected chi connectivity index (χ2v) is 10.1. The number of likely N-dealkylation sites (N-methyl/N-ethyl adjacent to an activating group) is 1. The summed E-state index contributed by atoms with van der Waals surface area (Å²) in [5.41, 5.74) is 2.61. The first kappa shape index (κ1) is 23.6. The highest BCUT2D eigenvalue weighted by Gasteiger charge is 2.24. The molecule has 2 rings (SSSR count). The summed E-state index contributed by atoms with van der Waals surface area (Å²) >= 11 is 0. The van der Waals surface area contributed by atoms with Crippen molar-refractivity contribution in [3.8, 4) is 5.69 Å². The number of nitrogens with zero attached hydrogens (tertiary/aromatic N) is 3. The van der Waals surface area contributed by atoms with Crippen molar-refractivity contribution in [2.75, 3.05) is 18.4 Å². The summed E-state index contributed by atoms with van der Waals surface area (Å²) in [7, 11) is 0. The van der Waals surface area contributed by atoms with Crippen LogP contribution in [0, 0.1) is 12.3 Å². The van der Waals surface area contributed by atoms with Gasteiger partial charge in [0, 0.05) is 24.4 Å². The SMILES string of the molecule is CCN(CC(=O)Nc1cc(C(C)(C)C)nn1-c1cccc(C)c1)C(=O)CC(C)(C)C. The quantitative estimate of drug-likeness (QED) is 0.748. The smallest absolute Gasteiger partial charge is 0.245 e. The largest absolute Gasteiger partial charge is 0.334 e. The average Bonchev–Trinajstić information content (AvgIpc) is 3.02. The van der Waals surface area contributed by atoms with Gasteiger partial charge in [0.2, 0.25) is 11.8 Å². The van der Waals surface area contributed by atoms with Gasteiger partial charge in [-0.15, -0.1) is 0 Å². The third kappa shape index (κ3) is 6.44. The lowest BCUT2D eigenvalue weighted by molar-refractivity contribution is -0.136. The third-order valence-electron chi connectivity index (χ3n) is 4.74. The molecule has 2 aromatic rings. The fourth-order valence-electron chi connectivity index (χ4n) is 3.09. The highest BCUT2D eigenvalue weighted by Crippen LogP contribution is 2.26. The Bertz CT molecular complexity index is 901. The van der Waals surface area contributed by atoms with E-state index in [1.54, 1.807) is 9.58 Å². The molecule has 1 aromatic carbocycles. The van der Waals surface area contributed by atoms with Crippen molar-refractivity contribution in [1.29, 1.82) is 0 Å². The van der Waals surface area contributed by atoms with Gasteiger partial charge >= 0.3 is 0 Å². The number of carbonyl (C=O) groups is 2. The fourth-order valence-corrected chi connectivity index (χ4v) is 3.09. The van der Waals surface area contributed by atoms with Crippen LogP contribution in [0.5, 0.6) is 0 Å². The average molecular weight is 413 g/mol. The Morgan fingerprint density at radius 2 is 1.77 bits per heavy atom. The van der Waals surface area contributed by atoms with E-state index in [1.807, 2.05) is 65.0 Å². The molecule has 164 valence electrons. The molecule has 0 aliphatic carbocycles. The predicted molar refractivity (Wildman–Crippen MR) is 122 cm³/mol. The highest BCUT2D eigenvalue weighted by molar-refractivity contribution is 5.94. The number of carbonyl (C=O) groups excluding carboxylic acids is 2. The number of hydrogen-bond donors (Lipinski definition) is 1. The molecule has 0 fully saturated rings. The summed E-state index contributed by atoms with van der Waals surface area (Å²) in [6.45, 7) is 16.8. The minimum Gasteiger partial charge on any atom is -0.334 e. The molecule has 6 nitrogen and oxygen atoms in total. The number of nitrogens with one attached hydrogen (secondary N) is 1. The zero-order valence-electron chi connectivity index (χ0n) is 19.7. The molecule has 6 heteroatoms. The number of aromatic nitrogens is 2. The lowest BCUT2D eigenvalue weighted by atomic mass is 9.91. The van der Waals surface area contributed by atoms with Crippen LogP contribution in [-0.2, 0) is 15.0 Å². The number of benzene rings is 1. The van der Waals surface area contributed by atoms with E-state index in [4.69, 9.17) is 5.10 Å². The monoisotopic (exact) mass is 412 g/mol. The maximum atomic E-state index is 12.8. The van der Waals surface area contributed by atoms with Crippen molar-refractivity contribution in [2.24, 2.45) is 5.41 Å². The van der Waals surface area contributed by atoms with Crippen LogP contribution in [0.2, 0.25) is 0 Å². The number of amides is 2. The Morgan fingerprint density at radius 3 is 2.30 bits per heavy atom. The first-order valence-corrected chi connectivity index (χ1v) is 10.6. The molecule has 0 saturated carbocycles. The molecular formula is C24H36N4O2. The number of aryl methyl sites for hydroxylation is 1. The van der Waals surface area contributed by atoms with Gasteiger partial charge in [-0.05, 0) is 37.0 Å². The van der Waals surface area contributed by atoms with Crippen molar-refractivity contribution >= 4 is 17.6 Å². The molecular weight excluding hydrogens is 376 g/mol. The van der Waals surface area contributed by atoms with Crippen molar-refractivity contribution < 1.29 is 9.59 Å². The van der Waals surface area contributed by atoms with Crippen LogP contribution in [0.4, 0.5) is 5.82 Å². The molecule has 0 bridgehead atoms. The summed E-state index contributed by atoms with van der Waals surface area (Å²) in [5.74, 6) is 0.367. The van der Waals surface area contributed by atoms with E-state index in [0.29, 0.717) is 18.8 Å². The first-order valence-electron chi connectivity index (χ1n) is 10.6. The Morgan fingerprint density at radius 1 is 1.10 bits per heavy atom. The second-order valence-electron chi connectivity index (χ2n) is 10.1. The lowest BCUT2D eigenvalue weighted by Gasteiger charge is -2.25. The van der Waals surface area contributed by atoms with E-state index >= 15 is 0 Å². The Hall–Kier alpha value is -2.63. The first-order chi connectivity index (χ1) is 13.8. The van der Waals surface area contributed by atoms with Crippen LogP contribution in [0.3, 0.4) is 0 Å². The number of hydrogen-bond acceptors (Lipinski definition) is 3. The topological polar surface area (TPSA) is 67.2 Å². The van der Waals surface area contributed by atoms with Gasteiger partial charge in [-0.3, -0.25) is 9.59 Å². The summed E-state index contributed by atoms with van der Waals surface area (Å²) < 4.78 is 1.76. The van der Waals surface area contributed by atoms with Crippen LogP contribution in [-0.4, -0.2) is 39.6 Å². The minimum absolute atomic E-state index is 0.0114. The van der Waals surface area contributed by atoms with Crippen LogP contribution in [0.15, 0.2) is 30.3 Å². The summed E-state index contributed by atoms with van der Waals surface area (Å²) in [6.07, 6.45) is 0.406. The zero-order chi connectivity index (χ0) is 22.7. The number of rotatable bonds is 6. The van der Waals surface area contributed by atoms with Gasteiger partial charge in [0.05, 0.1) is 17.9 Å². The maximum absolute atomic E-state index is 12.8. The molecule has 0 aliphatic heterocycles. The highest BCUT2D eigenvalue weighted by atomic mass is 16.2. The molecule has 1 aromatic heterocycles. The molecule has 0 unspecified atom stereocenters. The minimum atomic E-state index is -0.228. The van der Waals surface area contributed by atoms with Gasteiger partial charge in [0.25, 0.3) is 0 Å². The standard InChI is InChI=1S/C24H36N4O2/c1-9-27(22(30)15-23(3,4)5)16-21(29)25-20-14-19(24(6,7)8)26-28(20)18-12-10-11-17(2)13-18/h10-14H,9,15-16H2,1-8H3,(H,25,29). The van der Waals surface area contributed by atoms with Gasteiger partial charge in [-0.1, -0.05) is 53.7 Å². The van der Waals surface area contributed by atoms with E-state index in [2.05, 4.69) is 26.1 Å². The van der Waals surface area contributed by atoms with Crippen molar-refractivity contribution in [1.82, 2.24) is 14.7 Å². The summed E-state index contributed by atoms with van der Waals surface area (Å²) in [4.78, 5) is 27.0. The van der Waals surface area contributed by atoms with Gasteiger partial charge in [-0.25, -0.2) is 4.68 Å². The molecule has 0 aliphatic rings. The fraction of sp³-hybridized carbons (Fsp3) is 0.542. The Labute approximate surface area is 180 Å². The van der Waals surface area contributed by atoms with Crippen molar-refractivity contribution in [3.63, 3.8) is 0 Å². The zero-order valence-corrected chi connectivity index (χ0v) is 19.7. The summed E-state index contributed by atoms with van der Waals surface area (Å²) in [5, 5.41) is 7.72. The molecule has 0 atom stereocenters. The molecule has 0 spiro atoms. The molecule has 2 amide bonds. The normalized spacial score (nSPS) is 12.0. The molecule has 1 N–H and O–H groups in total. The second kappa shape index (κ2) is 9.02. The van der Waals surface area contributed by atoms with Gasteiger partial charge in [-0.2, -0.15) is 5.10 Å². The maximum Gasteiger partial charge on any atom is 0.245 e. The predicted octanol–water partition coefficient (Wildman–Crippen LogP) is 4.70. The number of anilines is 1. The van der Waals surface area contributed by atoms with Crippen LogP contribution >= 0.6 is 0 Å². The summed E-state index contributed by atoms with van der Waals surface area (Å²) in [6, 6.07) is 9.90. The Balaban J connectivity index is 2.27. The van der Waals surface area contributed by atoms with Gasteiger partial charge in [0.1, 0.15) is 5.82 Å². The third-order valence-corrected chi connectivity index (χ3v) is 4.74. The van der Waals surface area contributed by atoms with Crippen molar-refractivity contribution in [3.05, 3.63) is 41.6 Å². The molecule has 30 heavy (non-hydrogen) atoms. The van der Waals surface area contributed by atoms with Crippen LogP contribution < -0.4 is 5.32 Å². The van der Waals surface area contributed by atoms with Gasteiger partial charge in [0.15, 0.2) is 0 Å². The van der Waals surface area contributed by atoms with E-state index < -0.39 is 0 Å². The Kier molecular flexibility index (Phi) is 7.11. The van der Waals surface area contributed by atoms with Crippen LogP contribution in [0.25, 0.3) is 5.69 Å². The van der Waals surface area contributed by atoms with Crippen LogP contribution in [0.1, 0.15) is 66.1 Å². The lowest BCUT2D eigenvalue weighted by Crippen LogP contribution is -2.39. The molecule has 0 saturated heterocycles.